The van der Waals surface area contributed by atoms with E-state index in [0.29, 0.717) is 36.0 Å². The first kappa shape index (κ1) is 22.5. The summed E-state index contributed by atoms with van der Waals surface area (Å²) in [5.74, 6) is 1.64. The molecule has 178 valence electrons. The van der Waals surface area contributed by atoms with Gasteiger partial charge in [-0.2, -0.15) is 5.10 Å². The number of ether oxygens (including phenoxy) is 2. The summed E-state index contributed by atoms with van der Waals surface area (Å²) in [4.78, 5) is 28.7. The molecule has 1 amide bonds. The number of amides is 1. The number of rotatable bonds is 6. The minimum absolute atomic E-state index is 0.0170. The molecule has 3 aromatic heterocycles. The Bertz CT molecular complexity index is 1340. The van der Waals surface area contributed by atoms with Gasteiger partial charge in [0.15, 0.2) is 11.5 Å². The number of benzene rings is 1. The van der Waals surface area contributed by atoms with Gasteiger partial charge in [-0.1, -0.05) is 12.1 Å². The molecule has 0 bridgehead atoms. The zero-order valence-electron chi connectivity index (χ0n) is 19.7. The molecule has 0 N–H and O–H groups in total. The Kier molecular flexibility index (Phi) is 6.38. The van der Waals surface area contributed by atoms with E-state index in [1.54, 1.807) is 42.6 Å². The predicted molar refractivity (Wildman–Crippen MR) is 129 cm³/mol. The summed E-state index contributed by atoms with van der Waals surface area (Å²) in [6, 6.07) is 11.0. The second-order valence-corrected chi connectivity index (χ2v) is 8.46. The summed E-state index contributed by atoms with van der Waals surface area (Å²) in [6.07, 6.45) is 10.4. The number of pyridine rings is 1. The Hall–Kier alpha value is -4.27. The van der Waals surface area contributed by atoms with E-state index in [9.17, 15) is 4.79 Å². The molecule has 1 aliphatic rings. The zero-order chi connectivity index (χ0) is 24.2. The third-order valence-corrected chi connectivity index (χ3v) is 6.05. The van der Waals surface area contributed by atoms with Crippen molar-refractivity contribution in [2.24, 2.45) is 7.05 Å². The fourth-order valence-corrected chi connectivity index (χ4v) is 4.28. The van der Waals surface area contributed by atoms with Gasteiger partial charge in [0.05, 0.1) is 30.9 Å². The summed E-state index contributed by atoms with van der Waals surface area (Å²) < 4.78 is 13.0. The number of piperidine rings is 1. The lowest BCUT2D eigenvalue weighted by Gasteiger charge is -2.32. The van der Waals surface area contributed by atoms with Gasteiger partial charge in [-0.25, -0.2) is 4.98 Å². The molecule has 0 spiro atoms. The Morgan fingerprint density at radius 2 is 1.97 bits per heavy atom. The molecule has 4 aromatic rings. The van der Waals surface area contributed by atoms with Gasteiger partial charge in [-0.05, 0) is 37.1 Å². The molecule has 35 heavy (non-hydrogen) atoms. The molecule has 0 aliphatic carbocycles. The van der Waals surface area contributed by atoms with Crippen LogP contribution in [0.3, 0.4) is 0 Å². The summed E-state index contributed by atoms with van der Waals surface area (Å²) in [6.45, 7) is 1.26. The highest BCUT2D eigenvalue weighted by Gasteiger charge is 2.27. The summed E-state index contributed by atoms with van der Waals surface area (Å²) >= 11 is 0. The van der Waals surface area contributed by atoms with E-state index in [1.165, 1.54) is 0 Å². The normalized spacial score (nSPS) is 15.6. The van der Waals surface area contributed by atoms with Gasteiger partial charge in [0.1, 0.15) is 0 Å². The highest BCUT2D eigenvalue weighted by Crippen LogP contribution is 2.32. The lowest BCUT2D eigenvalue weighted by Crippen LogP contribution is -2.39. The Labute approximate surface area is 203 Å². The van der Waals surface area contributed by atoms with E-state index in [0.717, 1.165) is 29.8 Å². The van der Waals surface area contributed by atoms with Crippen molar-refractivity contribution in [2.45, 2.75) is 18.8 Å². The van der Waals surface area contributed by atoms with Gasteiger partial charge >= 0.3 is 0 Å². The van der Waals surface area contributed by atoms with Crippen molar-refractivity contribution in [1.29, 1.82) is 0 Å². The SMILES string of the molecule is COc1ccccc1Oc1cncc([C@@H]2CCCN(C(=O)c3ccnc(-c4cnn(C)c4)c3)C2)n1. The molecule has 0 unspecified atom stereocenters. The minimum Gasteiger partial charge on any atom is -0.493 e. The van der Waals surface area contributed by atoms with E-state index in [1.807, 2.05) is 48.5 Å². The van der Waals surface area contributed by atoms with Crippen molar-refractivity contribution in [3.63, 3.8) is 0 Å². The number of aromatic nitrogens is 5. The Morgan fingerprint density at radius 3 is 2.77 bits per heavy atom. The molecule has 1 atom stereocenters. The third-order valence-electron chi connectivity index (χ3n) is 6.05. The average molecular weight is 471 g/mol. The molecular formula is C26H26N6O3. The molecular weight excluding hydrogens is 444 g/mol. The van der Waals surface area contributed by atoms with Crippen LogP contribution in [0.5, 0.6) is 17.4 Å². The lowest BCUT2D eigenvalue weighted by atomic mass is 9.94. The van der Waals surface area contributed by atoms with E-state index in [4.69, 9.17) is 14.5 Å². The van der Waals surface area contributed by atoms with Crippen LogP contribution in [0.25, 0.3) is 11.3 Å². The largest absolute Gasteiger partial charge is 0.493 e. The second kappa shape index (κ2) is 9.92. The van der Waals surface area contributed by atoms with Gasteiger partial charge in [-0.15, -0.1) is 0 Å². The number of carbonyl (C=O) groups is 1. The topological polar surface area (TPSA) is 95.3 Å². The smallest absolute Gasteiger partial charge is 0.254 e. The monoisotopic (exact) mass is 470 g/mol. The van der Waals surface area contributed by atoms with Crippen LogP contribution in [0, 0.1) is 0 Å². The van der Waals surface area contributed by atoms with Crippen molar-refractivity contribution < 1.29 is 14.3 Å². The minimum atomic E-state index is -0.0170. The fourth-order valence-electron chi connectivity index (χ4n) is 4.28. The van der Waals surface area contributed by atoms with Gasteiger partial charge < -0.3 is 14.4 Å². The van der Waals surface area contributed by atoms with Crippen molar-refractivity contribution in [2.75, 3.05) is 20.2 Å². The molecule has 5 rings (SSSR count). The van der Waals surface area contributed by atoms with Crippen LogP contribution in [-0.4, -0.2) is 55.7 Å². The number of carbonyl (C=O) groups excluding carboxylic acids is 1. The molecule has 1 aromatic carbocycles. The summed E-state index contributed by atoms with van der Waals surface area (Å²) in [5.41, 5.74) is 3.02. The molecule has 1 saturated heterocycles. The molecule has 9 nitrogen and oxygen atoms in total. The molecule has 9 heteroatoms. The predicted octanol–water partition coefficient (Wildman–Crippen LogP) is 4.09. The van der Waals surface area contributed by atoms with E-state index >= 15 is 0 Å². The van der Waals surface area contributed by atoms with Gasteiger partial charge in [0.2, 0.25) is 5.88 Å². The number of aryl methyl sites for hydroxylation is 1. The highest BCUT2D eigenvalue weighted by atomic mass is 16.5. The summed E-state index contributed by atoms with van der Waals surface area (Å²) in [5, 5.41) is 4.20. The van der Waals surface area contributed by atoms with Crippen LogP contribution < -0.4 is 9.47 Å². The number of methoxy groups -OCH3 is 1. The van der Waals surface area contributed by atoms with Gasteiger partial charge in [0.25, 0.3) is 5.91 Å². The van der Waals surface area contributed by atoms with Crippen LogP contribution >= 0.6 is 0 Å². The number of hydrogen-bond acceptors (Lipinski definition) is 7. The molecule has 1 aliphatic heterocycles. The first-order valence-corrected chi connectivity index (χ1v) is 11.5. The number of para-hydroxylation sites is 2. The molecule has 4 heterocycles. The molecule has 0 saturated carbocycles. The van der Waals surface area contributed by atoms with Crippen LogP contribution in [0.2, 0.25) is 0 Å². The van der Waals surface area contributed by atoms with Gasteiger partial charge in [0, 0.05) is 55.8 Å². The second-order valence-electron chi connectivity index (χ2n) is 8.46. The van der Waals surface area contributed by atoms with Crippen molar-refractivity contribution >= 4 is 5.91 Å². The van der Waals surface area contributed by atoms with Crippen molar-refractivity contribution in [1.82, 2.24) is 29.6 Å². The summed E-state index contributed by atoms with van der Waals surface area (Å²) in [7, 11) is 3.45. The number of nitrogens with zero attached hydrogens (tertiary/aromatic N) is 6. The first-order valence-electron chi connectivity index (χ1n) is 11.5. The quantitative estimate of drug-likeness (QED) is 0.419. The molecule has 0 radical (unpaired) electrons. The fraction of sp³-hybridized carbons (Fsp3) is 0.269. The maximum Gasteiger partial charge on any atom is 0.254 e. The number of likely N-dealkylation sites (tertiary alicyclic amines) is 1. The average Bonchev–Trinajstić information content (AvgIpc) is 3.35. The zero-order valence-corrected chi connectivity index (χ0v) is 19.7. The maximum absolute atomic E-state index is 13.3. The van der Waals surface area contributed by atoms with E-state index in [2.05, 4.69) is 15.1 Å². The highest BCUT2D eigenvalue weighted by molar-refractivity contribution is 5.95. The van der Waals surface area contributed by atoms with E-state index in [-0.39, 0.29) is 11.8 Å². The van der Waals surface area contributed by atoms with Crippen LogP contribution in [0.15, 0.2) is 67.4 Å². The Morgan fingerprint density at radius 1 is 1.11 bits per heavy atom. The van der Waals surface area contributed by atoms with E-state index < -0.39 is 0 Å². The van der Waals surface area contributed by atoms with Crippen molar-refractivity contribution in [3.8, 4) is 28.6 Å². The lowest BCUT2D eigenvalue weighted by molar-refractivity contribution is 0.0705. The number of hydrogen-bond donors (Lipinski definition) is 0. The van der Waals surface area contributed by atoms with Crippen LogP contribution in [0.1, 0.15) is 34.8 Å². The standard InChI is InChI=1S/C26H26N6O3/c1-31-16-20(13-29-31)21-12-18(9-10-28-21)26(33)32-11-5-6-19(17-32)22-14-27-15-25(30-22)35-24-8-4-3-7-23(24)34-2/h3-4,7-10,12-16,19H,5-6,11,17H2,1-2H3/t19-/m1/s1. The first-order chi connectivity index (χ1) is 17.1. The van der Waals surface area contributed by atoms with Gasteiger partial charge in [-0.3, -0.25) is 19.4 Å². The van der Waals surface area contributed by atoms with Crippen LogP contribution in [-0.2, 0) is 7.05 Å². The molecule has 1 fully saturated rings. The Balaban J connectivity index is 1.31. The van der Waals surface area contributed by atoms with Crippen molar-refractivity contribution in [3.05, 3.63) is 78.6 Å². The third kappa shape index (κ3) is 4.98. The van der Waals surface area contributed by atoms with Crippen LogP contribution in [0.4, 0.5) is 0 Å². The maximum atomic E-state index is 13.3.